The summed E-state index contributed by atoms with van der Waals surface area (Å²) < 4.78 is 5.54. The number of nitrogens with zero attached hydrogens (tertiary/aromatic N) is 1. The number of halogens is 1. The topological polar surface area (TPSA) is 29.5 Å². The summed E-state index contributed by atoms with van der Waals surface area (Å²) in [5, 5.41) is 0.935. The van der Waals surface area contributed by atoms with Gasteiger partial charge in [-0.25, -0.2) is 0 Å². The molecular weight excluding hydrogens is 270 g/mol. The Labute approximate surface area is 107 Å². The quantitative estimate of drug-likeness (QED) is 0.728. The molecule has 0 aromatic rings. The standard InChI is InChI=1S/C12H22BrNO2/c1-9(2)14(7-4-6-13)12(15)11-10(3)5-8-16-11/h9-11H,4-8H2,1-3H3. The molecule has 1 rings (SSSR count). The molecule has 0 N–H and O–H groups in total. The van der Waals surface area contributed by atoms with Crippen LogP contribution in [0.5, 0.6) is 0 Å². The highest BCUT2D eigenvalue weighted by Gasteiger charge is 2.34. The molecule has 2 atom stereocenters. The molecule has 1 fully saturated rings. The zero-order chi connectivity index (χ0) is 12.1. The molecule has 1 saturated heterocycles. The molecule has 0 radical (unpaired) electrons. The number of carbonyl (C=O) groups is 1. The third kappa shape index (κ3) is 3.45. The van der Waals surface area contributed by atoms with Gasteiger partial charge in [0.25, 0.3) is 5.91 Å². The first kappa shape index (κ1) is 14.0. The molecule has 0 saturated carbocycles. The van der Waals surface area contributed by atoms with Crippen LogP contribution in [0.15, 0.2) is 0 Å². The molecule has 0 aromatic carbocycles. The van der Waals surface area contributed by atoms with Gasteiger partial charge in [0.15, 0.2) is 0 Å². The van der Waals surface area contributed by atoms with Gasteiger partial charge in [-0.15, -0.1) is 0 Å². The Kier molecular flexibility index (Phi) is 5.76. The van der Waals surface area contributed by atoms with Crippen LogP contribution >= 0.6 is 15.9 Å². The smallest absolute Gasteiger partial charge is 0.252 e. The number of hydrogen-bond acceptors (Lipinski definition) is 2. The molecule has 1 aliphatic heterocycles. The first-order valence-electron chi connectivity index (χ1n) is 6.06. The molecule has 16 heavy (non-hydrogen) atoms. The van der Waals surface area contributed by atoms with Gasteiger partial charge in [-0.05, 0) is 32.6 Å². The van der Waals surface area contributed by atoms with Crippen molar-refractivity contribution in [3.63, 3.8) is 0 Å². The normalized spacial score (nSPS) is 25.1. The van der Waals surface area contributed by atoms with Gasteiger partial charge >= 0.3 is 0 Å². The lowest BCUT2D eigenvalue weighted by Gasteiger charge is -2.30. The number of ether oxygens (including phenoxy) is 1. The second-order valence-electron chi connectivity index (χ2n) is 4.73. The summed E-state index contributed by atoms with van der Waals surface area (Å²) in [5.74, 6) is 0.527. The monoisotopic (exact) mass is 291 g/mol. The van der Waals surface area contributed by atoms with Crippen molar-refractivity contribution in [2.75, 3.05) is 18.5 Å². The van der Waals surface area contributed by atoms with E-state index in [9.17, 15) is 4.79 Å². The predicted molar refractivity (Wildman–Crippen MR) is 68.8 cm³/mol. The fourth-order valence-corrected chi connectivity index (χ4v) is 2.28. The van der Waals surface area contributed by atoms with Crippen LogP contribution in [0.4, 0.5) is 0 Å². The van der Waals surface area contributed by atoms with E-state index in [0.717, 1.165) is 31.3 Å². The maximum absolute atomic E-state index is 12.3. The second-order valence-corrected chi connectivity index (χ2v) is 5.52. The maximum Gasteiger partial charge on any atom is 0.252 e. The van der Waals surface area contributed by atoms with Crippen molar-refractivity contribution in [2.45, 2.75) is 45.8 Å². The predicted octanol–water partition coefficient (Wildman–Crippen LogP) is 2.43. The van der Waals surface area contributed by atoms with Crippen molar-refractivity contribution in [3.8, 4) is 0 Å². The lowest BCUT2D eigenvalue weighted by molar-refractivity contribution is -0.144. The Balaban J connectivity index is 2.59. The highest BCUT2D eigenvalue weighted by Crippen LogP contribution is 2.22. The fraction of sp³-hybridized carbons (Fsp3) is 0.917. The third-order valence-corrected chi connectivity index (χ3v) is 3.63. The number of hydrogen-bond donors (Lipinski definition) is 0. The lowest BCUT2D eigenvalue weighted by atomic mass is 10.0. The van der Waals surface area contributed by atoms with E-state index in [1.165, 1.54) is 0 Å². The molecule has 0 spiro atoms. The molecule has 1 aliphatic rings. The highest BCUT2D eigenvalue weighted by atomic mass is 79.9. The van der Waals surface area contributed by atoms with Gasteiger partial charge in [0.1, 0.15) is 6.10 Å². The minimum absolute atomic E-state index is 0.168. The molecule has 3 nitrogen and oxygen atoms in total. The molecule has 94 valence electrons. The van der Waals surface area contributed by atoms with Crippen molar-refractivity contribution in [1.29, 1.82) is 0 Å². The zero-order valence-corrected chi connectivity index (χ0v) is 12.0. The Morgan fingerprint density at radius 2 is 2.25 bits per heavy atom. The van der Waals surface area contributed by atoms with Crippen molar-refractivity contribution in [3.05, 3.63) is 0 Å². The fourth-order valence-electron chi connectivity index (χ4n) is 2.03. The van der Waals surface area contributed by atoms with Crippen LogP contribution in [-0.2, 0) is 9.53 Å². The third-order valence-electron chi connectivity index (χ3n) is 3.07. The highest BCUT2D eigenvalue weighted by molar-refractivity contribution is 9.09. The average Bonchev–Trinajstić information content (AvgIpc) is 2.64. The van der Waals surface area contributed by atoms with Crippen molar-refractivity contribution < 1.29 is 9.53 Å². The number of alkyl halides is 1. The van der Waals surface area contributed by atoms with E-state index >= 15 is 0 Å². The minimum atomic E-state index is -0.210. The van der Waals surface area contributed by atoms with Gasteiger partial charge in [0.2, 0.25) is 0 Å². The van der Waals surface area contributed by atoms with Crippen LogP contribution in [0.25, 0.3) is 0 Å². The Morgan fingerprint density at radius 1 is 1.56 bits per heavy atom. The van der Waals surface area contributed by atoms with E-state index in [0.29, 0.717) is 5.92 Å². The van der Waals surface area contributed by atoms with E-state index in [1.54, 1.807) is 0 Å². The first-order valence-corrected chi connectivity index (χ1v) is 7.18. The van der Waals surface area contributed by atoms with Crippen LogP contribution in [0.1, 0.15) is 33.6 Å². The van der Waals surface area contributed by atoms with E-state index in [1.807, 2.05) is 4.90 Å². The van der Waals surface area contributed by atoms with Gasteiger partial charge in [-0.1, -0.05) is 22.9 Å². The van der Waals surface area contributed by atoms with Crippen LogP contribution in [0.2, 0.25) is 0 Å². The van der Waals surface area contributed by atoms with Gasteiger partial charge in [-0.2, -0.15) is 0 Å². The molecule has 1 heterocycles. The van der Waals surface area contributed by atoms with Crippen LogP contribution < -0.4 is 0 Å². The van der Waals surface area contributed by atoms with E-state index in [4.69, 9.17) is 4.74 Å². The molecule has 1 amide bonds. The summed E-state index contributed by atoms with van der Waals surface area (Å²) in [5.41, 5.74) is 0. The minimum Gasteiger partial charge on any atom is -0.368 e. The zero-order valence-electron chi connectivity index (χ0n) is 10.4. The van der Waals surface area contributed by atoms with Crippen LogP contribution in [0, 0.1) is 5.92 Å². The van der Waals surface area contributed by atoms with Gasteiger partial charge < -0.3 is 9.64 Å². The van der Waals surface area contributed by atoms with E-state index < -0.39 is 0 Å². The molecule has 2 unspecified atom stereocenters. The Morgan fingerprint density at radius 3 is 2.69 bits per heavy atom. The summed E-state index contributed by atoms with van der Waals surface area (Å²) in [6.45, 7) is 7.76. The maximum atomic E-state index is 12.3. The van der Waals surface area contributed by atoms with Gasteiger partial charge in [-0.3, -0.25) is 4.79 Å². The SMILES string of the molecule is CC1CCOC1C(=O)N(CCCBr)C(C)C. The number of amides is 1. The van der Waals surface area contributed by atoms with Crippen molar-refractivity contribution >= 4 is 21.8 Å². The Bertz CT molecular complexity index is 233. The summed E-state index contributed by atoms with van der Waals surface area (Å²) in [6.07, 6.45) is 1.78. The number of rotatable bonds is 5. The molecular formula is C12H22BrNO2. The number of carbonyl (C=O) groups excluding carboxylic acids is 1. The van der Waals surface area contributed by atoms with Crippen LogP contribution in [0.3, 0.4) is 0 Å². The van der Waals surface area contributed by atoms with Gasteiger partial charge in [0, 0.05) is 24.5 Å². The van der Waals surface area contributed by atoms with E-state index in [2.05, 4.69) is 36.7 Å². The van der Waals surface area contributed by atoms with Crippen molar-refractivity contribution in [1.82, 2.24) is 4.90 Å². The molecule has 0 aliphatic carbocycles. The summed E-state index contributed by atoms with van der Waals surface area (Å²) >= 11 is 3.40. The molecule has 0 bridgehead atoms. The molecule has 4 heteroatoms. The van der Waals surface area contributed by atoms with Crippen molar-refractivity contribution in [2.24, 2.45) is 5.92 Å². The van der Waals surface area contributed by atoms with Gasteiger partial charge in [0.05, 0.1) is 0 Å². The van der Waals surface area contributed by atoms with E-state index in [-0.39, 0.29) is 18.1 Å². The lowest BCUT2D eigenvalue weighted by Crippen LogP contribution is -2.45. The Hall–Kier alpha value is -0.0900. The largest absolute Gasteiger partial charge is 0.368 e. The summed E-state index contributed by atoms with van der Waals surface area (Å²) in [6, 6.07) is 0.253. The average molecular weight is 292 g/mol. The molecule has 0 aromatic heterocycles. The summed E-state index contributed by atoms with van der Waals surface area (Å²) in [7, 11) is 0. The van der Waals surface area contributed by atoms with Crippen LogP contribution in [-0.4, -0.2) is 41.4 Å². The first-order chi connectivity index (χ1) is 7.57. The second kappa shape index (κ2) is 6.60. The summed E-state index contributed by atoms with van der Waals surface area (Å²) in [4.78, 5) is 14.2.